The van der Waals surface area contributed by atoms with E-state index in [0.29, 0.717) is 6.54 Å². The van der Waals surface area contributed by atoms with Gasteiger partial charge in [0.15, 0.2) is 0 Å². The standard InChI is InChI=1S/C13H19NS/c1-2-3-4-5-7-12-9-11-15-13(12)8-6-10-14/h9,11H,2-5,7,10,14H2,1H3. The lowest BCUT2D eigenvalue weighted by molar-refractivity contribution is 0.667. The Labute approximate surface area is 96.7 Å². The molecule has 0 atom stereocenters. The van der Waals surface area contributed by atoms with Gasteiger partial charge < -0.3 is 5.73 Å². The minimum Gasteiger partial charge on any atom is -0.320 e. The molecule has 0 bridgehead atoms. The highest BCUT2D eigenvalue weighted by atomic mass is 32.1. The average molecular weight is 221 g/mol. The Hall–Kier alpha value is -0.780. The van der Waals surface area contributed by atoms with Gasteiger partial charge in [0.1, 0.15) is 0 Å². The summed E-state index contributed by atoms with van der Waals surface area (Å²) in [6, 6.07) is 2.19. The summed E-state index contributed by atoms with van der Waals surface area (Å²) in [5, 5.41) is 2.12. The summed E-state index contributed by atoms with van der Waals surface area (Å²) >= 11 is 1.72. The van der Waals surface area contributed by atoms with Crippen LogP contribution in [-0.2, 0) is 6.42 Å². The summed E-state index contributed by atoms with van der Waals surface area (Å²) < 4.78 is 0. The van der Waals surface area contributed by atoms with Gasteiger partial charge in [-0.25, -0.2) is 0 Å². The largest absolute Gasteiger partial charge is 0.320 e. The Morgan fingerprint density at radius 1 is 1.33 bits per heavy atom. The van der Waals surface area contributed by atoms with Crippen molar-refractivity contribution < 1.29 is 0 Å². The van der Waals surface area contributed by atoms with Crippen molar-refractivity contribution in [3.63, 3.8) is 0 Å². The SMILES string of the molecule is CCCCCCc1ccsc1C#CCN. The summed E-state index contributed by atoms with van der Waals surface area (Å²) in [6.07, 6.45) is 6.41. The topological polar surface area (TPSA) is 26.0 Å². The van der Waals surface area contributed by atoms with Crippen molar-refractivity contribution in [1.29, 1.82) is 0 Å². The zero-order valence-electron chi connectivity index (χ0n) is 9.38. The van der Waals surface area contributed by atoms with Crippen molar-refractivity contribution >= 4 is 11.3 Å². The van der Waals surface area contributed by atoms with E-state index in [1.165, 1.54) is 36.1 Å². The van der Waals surface area contributed by atoms with Crippen molar-refractivity contribution in [3.05, 3.63) is 21.9 Å². The zero-order chi connectivity index (χ0) is 10.9. The fourth-order valence-corrected chi connectivity index (χ4v) is 2.34. The lowest BCUT2D eigenvalue weighted by atomic mass is 10.1. The van der Waals surface area contributed by atoms with Crippen molar-refractivity contribution in [2.24, 2.45) is 5.73 Å². The highest BCUT2D eigenvalue weighted by Crippen LogP contribution is 2.18. The molecule has 0 aromatic carbocycles. The van der Waals surface area contributed by atoms with Crippen molar-refractivity contribution in [2.45, 2.75) is 39.0 Å². The van der Waals surface area contributed by atoms with E-state index in [9.17, 15) is 0 Å². The quantitative estimate of drug-likeness (QED) is 0.600. The first-order valence-corrected chi connectivity index (χ1v) is 6.51. The fourth-order valence-electron chi connectivity index (χ4n) is 1.52. The molecule has 0 unspecified atom stereocenters. The van der Waals surface area contributed by atoms with Crippen LogP contribution in [0.4, 0.5) is 0 Å². The molecule has 0 aliphatic rings. The molecule has 0 saturated carbocycles. The van der Waals surface area contributed by atoms with E-state index in [0.717, 1.165) is 6.42 Å². The van der Waals surface area contributed by atoms with Gasteiger partial charge in [-0.1, -0.05) is 38.0 Å². The second kappa shape index (κ2) is 7.50. The fraction of sp³-hybridized carbons (Fsp3) is 0.538. The van der Waals surface area contributed by atoms with E-state index in [1.54, 1.807) is 11.3 Å². The number of nitrogens with two attached hydrogens (primary N) is 1. The molecule has 0 amide bonds. The van der Waals surface area contributed by atoms with Gasteiger partial charge in [0.05, 0.1) is 11.4 Å². The van der Waals surface area contributed by atoms with E-state index in [-0.39, 0.29) is 0 Å². The average Bonchev–Trinajstić information content (AvgIpc) is 2.69. The summed E-state index contributed by atoms with van der Waals surface area (Å²) in [5.41, 5.74) is 6.77. The minimum absolute atomic E-state index is 0.452. The van der Waals surface area contributed by atoms with Gasteiger partial charge in [-0.2, -0.15) is 0 Å². The number of hydrogen-bond acceptors (Lipinski definition) is 2. The molecule has 2 N–H and O–H groups in total. The number of aryl methyl sites for hydroxylation is 1. The third-order valence-electron chi connectivity index (χ3n) is 2.35. The lowest BCUT2D eigenvalue weighted by Crippen LogP contribution is -1.93. The van der Waals surface area contributed by atoms with Crippen LogP contribution in [0.5, 0.6) is 0 Å². The Kier molecular flexibility index (Phi) is 6.15. The first-order valence-electron chi connectivity index (χ1n) is 5.63. The Balaban J connectivity index is 2.43. The van der Waals surface area contributed by atoms with Crippen LogP contribution < -0.4 is 5.73 Å². The van der Waals surface area contributed by atoms with Gasteiger partial charge in [-0.3, -0.25) is 0 Å². The molecule has 0 saturated heterocycles. The normalized spacial score (nSPS) is 9.73. The Morgan fingerprint density at radius 2 is 2.20 bits per heavy atom. The summed E-state index contributed by atoms with van der Waals surface area (Å²) in [4.78, 5) is 1.21. The second-order valence-electron chi connectivity index (χ2n) is 3.59. The van der Waals surface area contributed by atoms with Crippen LogP contribution in [0, 0.1) is 11.8 Å². The smallest absolute Gasteiger partial charge is 0.0800 e. The maximum Gasteiger partial charge on any atom is 0.0800 e. The van der Waals surface area contributed by atoms with Crippen molar-refractivity contribution in [2.75, 3.05) is 6.54 Å². The Morgan fingerprint density at radius 3 is 2.93 bits per heavy atom. The molecular formula is C13H19NS. The molecule has 82 valence electrons. The third kappa shape index (κ3) is 4.51. The molecule has 1 nitrogen and oxygen atoms in total. The molecule has 1 aromatic rings. The molecule has 0 fully saturated rings. The van der Waals surface area contributed by atoms with E-state index in [2.05, 4.69) is 30.2 Å². The van der Waals surface area contributed by atoms with Crippen LogP contribution in [0.2, 0.25) is 0 Å². The van der Waals surface area contributed by atoms with Gasteiger partial charge in [0, 0.05) is 0 Å². The van der Waals surface area contributed by atoms with Gasteiger partial charge in [0.25, 0.3) is 0 Å². The van der Waals surface area contributed by atoms with Crippen molar-refractivity contribution in [1.82, 2.24) is 0 Å². The molecule has 0 radical (unpaired) electrons. The van der Waals surface area contributed by atoms with E-state index >= 15 is 0 Å². The lowest BCUT2D eigenvalue weighted by Gasteiger charge is -1.98. The van der Waals surface area contributed by atoms with Crippen LogP contribution in [0.25, 0.3) is 0 Å². The van der Waals surface area contributed by atoms with Crippen molar-refractivity contribution in [3.8, 4) is 11.8 Å². The zero-order valence-corrected chi connectivity index (χ0v) is 10.2. The van der Waals surface area contributed by atoms with E-state index in [1.807, 2.05) is 0 Å². The molecule has 0 aliphatic heterocycles. The van der Waals surface area contributed by atoms with Crippen LogP contribution in [0.3, 0.4) is 0 Å². The maximum atomic E-state index is 5.37. The number of unbranched alkanes of at least 4 members (excludes halogenated alkanes) is 3. The van der Waals surface area contributed by atoms with Gasteiger partial charge >= 0.3 is 0 Å². The monoisotopic (exact) mass is 221 g/mol. The molecule has 1 heterocycles. The van der Waals surface area contributed by atoms with Gasteiger partial charge in [0.2, 0.25) is 0 Å². The highest BCUT2D eigenvalue weighted by Gasteiger charge is 2.00. The van der Waals surface area contributed by atoms with Crippen LogP contribution in [0.15, 0.2) is 11.4 Å². The van der Waals surface area contributed by atoms with E-state index < -0.39 is 0 Å². The molecular weight excluding hydrogens is 202 g/mol. The Bertz CT molecular complexity index is 330. The number of rotatable bonds is 5. The highest BCUT2D eigenvalue weighted by molar-refractivity contribution is 7.10. The first kappa shape index (κ1) is 12.3. The molecule has 15 heavy (non-hydrogen) atoms. The maximum absolute atomic E-state index is 5.37. The number of hydrogen-bond donors (Lipinski definition) is 1. The predicted octanol–water partition coefficient (Wildman–Crippen LogP) is 3.18. The van der Waals surface area contributed by atoms with Gasteiger partial charge in [-0.05, 0) is 29.9 Å². The second-order valence-corrected chi connectivity index (χ2v) is 4.51. The molecule has 0 aliphatic carbocycles. The minimum atomic E-state index is 0.452. The van der Waals surface area contributed by atoms with Crippen LogP contribution in [-0.4, -0.2) is 6.54 Å². The number of thiophene rings is 1. The van der Waals surface area contributed by atoms with Crippen LogP contribution in [0.1, 0.15) is 43.0 Å². The summed E-state index contributed by atoms with van der Waals surface area (Å²) in [6.45, 7) is 2.69. The van der Waals surface area contributed by atoms with Gasteiger partial charge in [-0.15, -0.1) is 11.3 Å². The molecule has 1 rings (SSSR count). The van der Waals surface area contributed by atoms with E-state index in [4.69, 9.17) is 5.73 Å². The molecule has 1 aromatic heterocycles. The summed E-state index contributed by atoms with van der Waals surface area (Å²) in [7, 11) is 0. The predicted molar refractivity (Wildman–Crippen MR) is 68.1 cm³/mol. The third-order valence-corrected chi connectivity index (χ3v) is 3.22. The summed E-state index contributed by atoms with van der Waals surface area (Å²) in [5.74, 6) is 6.06. The van der Waals surface area contributed by atoms with Crippen LogP contribution >= 0.6 is 11.3 Å². The molecule has 0 spiro atoms. The molecule has 2 heteroatoms. The first-order chi connectivity index (χ1) is 7.38.